The standard InChI is InChI=1S/C14H29N3O4/c1-5-16(6-2)9-8-10-17(7-3)14(20)15-12(11-21-4)13(18)19/h12H,5-11H2,1-4H3,(H,15,20)(H,18,19). The van der Waals surface area contributed by atoms with Gasteiger partial charge in [-0.05, 0) is 33.0 Å². The van der Waals surface area contributed by atoms with Crippen LogP contribution in [0.1, 0.15) is 27.2 Å². The van der Waals surface area contributed by atoms with E-state index < -0.39 is 12.0 Å². The molecule has 124 valence electrons. The molecule has 0 bridgehead atoms. The second-order valence-corrected chi connectivity index (χ2v) is 4.76. The summed E-state index contributed by atoms with van der Waals surface area (Å²) in [6, 6.07) is -1.37. The zero-order valence-corrected chi connectivity index (χ0v) is 13.6. The van der Waals surface area contributed by atoms with Crippen molar-refractivity contribution < 1.29 is 19.4 Å². The number of hydrogen-bond donors (Lipinski definition) is 2. The molecular weight excluding hydrogens is 274 g/mol. The van der Waals surface area contributed by atoms with Gasteiger partial charge in [0.1, 0.15) is 0 Å². The van der Waals surface area contributed by atoms with Crippen LogP contribution in [0, 0.1) is 0 Å². The Labute approximate surface area is 127 Å². The Bertz CT molecular complexity index is 309. The molecule has 0 rings (SSSR count). The number of carboxylic acids is 1. The van der Waals surface area contributed by atoms with Crippen molar-refractivity contribution in [1.29, 1.82) is 0 Å². The summed E-state index contributed by atoms with van der Waals surface area (Å²) in [6.45, 7) is 10.1. The zero-order valence-electron chi connectivity index (χ0n) is 13.6. The van der Waals surface area contributed by atoms with Crippen molar-refractivity contribution in [1.82, 2.24) is 15.1 Å². The predicted molar refractivity (Wildman–Crippen MR) is 81.5 cm³/mol. The highest BCUT2D eigenvalue weighted by atomic mass is 16.5. The van der Waals surface area contributed by atoms with Gasteiger partial charge in [0.05, 0.1) is 6.61 Å². The third-order valence-corrected chi connectivity index (χ3v) is 3.39. The maximum atomic E-state index is 12.1. The quantitative estimate of drug-likeness (QED) is 0.591. The summed E-state index contributed by atoms with van der Waals surface area (Å²) in [5.41, 5.74) is 0. The highest BCUT2D eigenvalue weighted by Crippen LogP contribution is 1.98. The van der Waals surface area contributed by atoms with Gasteiger partial charge in [0.2, 0.25) is 0 Å². The fraction of sp³-hybridized carbons (Fsp3) is 0.857. The van der Waals surface area contributed by atoms with Crippen molar-refractivity contribution in [3.63, 3.8) is 0 Å². The molecule has 2 amide bonds. The van der Waals surface area contributed by atoms with Crippen LogP contribution in [0.4, 0.5) is 4.79 Å². The third-order valence-electron chi connectivity index (χ3n) is 3.39. The minimum Gasteiger partial charge on any atom is -0.480 e. The highest BCUT2D eigenvalue weighted by Gasteiger charge is 2.22. The van der Waals surface area contributed by atoms with E-state index in [4.69, 9.17) is 9.84 Å². The number of amides is 2. The summed E-state index contributed by atoms with van der Waals surface area (Å²) in [6.07, 6.45) is 0.866. The van der Waals surface area contributed by atoms with E-state index >= 15 is 0 Å². The molecule has 0 aliphatic heterocycles. The average molecular weight is 303 g/mol. The Balaban J connectivity index is 4.31. The lowest BCUT2D eigenvalue weighted by molar-refractivity contribution is -0.140. The van der Waals surface area contributed by atoms with Crippen LogP contribution in [0.3, 0.4) is 0 Å². The number of carboxylic acid groups (broad SMARTS) is 1. The number of hydrogen-bond acceptors (Lipinski definition) is 4. The van der Waals surface area contributed by atoms with E-state index in [1.165, 1.54) is 7.11 Å². The van der Waals surface area contributed by atoms with Gasteiger partial charge in [-0.1, -0.05) is 13.8 Å². The van der Waals surface area contributed by atoms with Crippen LogP contribution < -0.4 is 5.32 Å². The summed E-state index contributed by atoms with van der Waals surface area (Å²) in [5.74, 6) is -1.09. The average Bonchev–Trinajstić information content (AvgIpc) is 2.46. The monoisotopic (exact) mass is 303 g/mol. The lowest BCUT2D eigenvalue weighted by atomic mass is 10.3. The van der Waals surface area contributed by atoms with Crippen LogP contribution in [0.5, 0.6) is 0 Å². The van der Waals surface area contributed by atoms with E-state index in [0.717, 1.165) is 26.1 Å². The van der Waals surface area contributed by atoms with Gasteiger partial charge in [0.25, 0.3) is 0 Å². The Kier molecular flexibility index (Phi) is 10.6. The molecule has 0 spiro atoms. The molecular formula is C14H29N3O4. The fourth-order valence-corrected chi connectivity index (χ4v) is 2.01. The molecule has 7 nitrogen and oxygen atoms in total. The van der Waals surface area contributed by atoms with Crippen LogP contribution in [0.25, 0.3) is 0 Å². The number of ether oxygens (including phenoxy) is 1. The Morgan fingerprint density at radius 2 is 1.76 bits per heavy atom. The van der Waals surface area contributed by atoms with Crippen molar-refractivity contribution in [3.05, 3.63) is 0 Å². The molecule has 0 aliphatic carbocycles. The van der Waals surface area contributed by atoms with Crippen molar-refractivity contribution in [2.24, 2.45) is 0 Å². The van der Waals surface area contributed by atoms with Crippen LogP contribution >= 0.6 is 0 Å². The number of rotatable bonds is 11. The molecule has 1 unspecified atom stereocenters. The molecule has 0 heterocycles. The SMILES string of the molecule is CCN(CC)CCCN(CC)C(=O)NC(COC)C(=O)O. The predicted octanol–water partition coefficient (Wildman–Crippen LogP) is 0.849. The summed E-state index contributed by atoms with van der Waals surface area (Å²) in [5, 5.41) is 11.5. The molecule has 0 fully saturated rings. The van der Waals surface area contributed by atoms with Gasteiger partial charge in [0.15, 0.2) is 6.04 Å². The van der Waals surface area contributed by atoms with E-state index in [-0.39, 0.29) is 12.6 Å². The normalized spacial score (nSPS) is 12.2. The summed E-state index contributed by atoms with van der Waals surface area (Å²) < 4.78 is 4.80. The maximum absolute atomic E-state index is 12.1. The molecule has 0 aromatic carbocycles. The second-order valence-electron chi connectivity index (χ2n) is 4.76. The first kappa shape index (κ1) is 19.7. The van der Waals surface area contributed by atoms with Crippen LogP contribution in [0.15, 0.2) is 0 Å². The molecule has 0 saturated carbocycles. The lowest BCUT2D eigenvalue weighted by Gasteiger charge is -2.25. The van der Waals surface area contributed by atoms with Crippen LogP contribution in [0.2, 0.25) is 0 Å². The number of urea groups is 1. The van der Waals surface area contributed by atoms with Gasteiger partial charge in [-0.25, -0.2) is 9.59 Å². The van der Waals surface area contributed by atoms with Crippen molar-refractivity contribution in [2.75, 3.05) is 46.4 Å². The Hall–Kier alpha value is -1.34. The Morgan fingerprint density at radius 1 is 1.14 bits per heavy atom. The molecule has 0 radical (unpaired) electrons. The van der Waals surface area contributed by atoms with Crippen molar-refractivity contribution in [2.45, 2.75) is 33.2 Å². The molecule has 1 atom stereocenters. The maximum Gasteiger partial charge on any atom is 0.328 e. The zero-order chi connectivity index (χ0) is 16.3. The molecule has 0 aromatic rings. The van der Waals surface area contributed by atoms with Gasteiger partial charge >= 0.3 is 12.0 Å². The van der Waals surface area contributed by atoms with E-state index in [0.29, 0.717) is 13.1 Å². The Morgan fingerprint density at radius 3 is 2.19 bits per heavy atom. The number of carbonyl (C=O) groups excluding carboxylic acids is 1. The minimum atomic E-state index is -1.09. The fourth-order valence-electron chi connectivity index (χ4n) is 2.01. The number of methoxy groups -OCH3 is 1. The highest BCUT2D eigenvalue weighted by molar-refractivity contribution is 5.82. The second kappa shape index (κ2) is 11.3. The van der Waals surface area contributed by atoms with Gasteiger partial charge in [0, 0.05) is 20.2 Å². The molecule has 0 aliphatic rings. The first-order valence-electron chi connectivity index (χ1n) is 7.49. The number of nitrogens with one attached hydrogen (secondary N) is 1. The smallest absolute Gasteiger partial charge is 0.328 e. The number of nitrogens with zero attached hydrogens (tertiary/aromatic N) is 2. The first-order chi connectivity index (χ1) is 9.99. The number of aliphatic carboxylic acids is 1. The summed E-state index contributed by atoms with van der Waals surface area (Å²) in [7, 11) is 1.41. The van der Waals surface area contributed by atoms with E-state index in [9.17, 15) is 9.59 Å². The summed E-state index contributed by atoms with van der Waals surface area (Å²) in [4.78, 5) is 27.0. The minimum absolute atomic E-state index is 0.0436. The van der Waals surface area contributed by atoms with Crippen LogP contribution in [-0.4, -0.2) is 79.4 Å². The first-order valence-corrected chi connectivity index (χ1v) is 7.49. The lowest BCUT2D eigenvalue weighted by Crippen LogP contribution is -2.50. The van der Waals surface area contributed by atoms with E-state index in [2.05, 4.69) is 24.1 Å². The molecule has 0 aromatic heterocycles. The summed E-state index contributed by atoms with van der Waals surface area (Å²) >= 11 is 0. The van der Waals surface area contributed by atoms with Gasteiger partial charge < -0.3 is 25.0 Å². The van der Waals surface area contributed by atoms with Crippen molar-refractivity contribution in [3.8, 4) is 0 Å². The third kappa shape index (κ3) is 7.87. The molecule has 7 heteroatoms. The van der Waals surface area contributed by atoms with Gasteiger partial charge in [-0.3, -0.25) is 0 Å². The van der Waals surface area contributed by atoms with Crippen molar-refractivity contribution >= 4 is 12.0 Å². The molecule has 21 heavy (non-hydrogen) atoms. The largest absolute Gasteiger partial charge is 0.480 e. The van der Waals surface area contributed by atoms with Gasteiger partial charge in [-0.2, -0.15) is 0 Å². The topological polar surface area (TPSA) is 82.1 Å². The molecule has 0 saturated heterocycles. The molecule has 2 N–H and O–H groups in total. The van der Waals surface area contributed by atoms with E-state index in [1.807, 2.05) is 6.92 Å². The number of carbonyl (C=O) groups is 2. The van der Waals surface area contributed by atoms with Gasteiger partial charge in [-0.15, -0.1) is 0 Å². The van der Waals surface area contributed by atoms with E-state index in [1.54, 1.807) is 4.90 Å². The van der Waals surface area contributed by atoms with Crippen LogP contribution in [-0.2, 0) is 9.53 Å².